The predicted molar refractivity (Wildman–Crippen MR) is 109 cm³/mol. The van der Waals surface area contributed by atoms with Crippen molar-refractivity contribution in [1.29, 1.82) is 0 Å². The zero-order chi connectivity index (χ0) is 21.0. The number of hydrogen-bond acceptors (Lipinski definition) is 4. The molecule has 0 radical (unpaired) electrons. The average molecular weight is 407 g/mol. The van der Waals surface area contributed by atoms with Crippen molar-refractivity contribution in [2.45, 2.75) is 78.6 Å². The number of aliphatic hydroxyl groups is 1. The van der Waals surface area contributed by atoms with Crippen molar-refractivity contribution < 1.29 is 24.5 Å². The highest BCUT2D eigenvalue weighted by Crippen LogP contribution is 2.72. The monoisotopic (exact) mass is 406 g/mol. The van der Waals surface area contributed by atoms with Crippen LogP contribution < -0.4 is 0 Å². The van der Waals surface area contributed by atoms with Crippen LogP contribution >= 0.6 is 0 Å². The highest BCUT2D eigenvalue weighted by atomic mass is 16.5. The average Bonchev–Trinajstić information content (AvgIpc) is 2.94. The van der Waals surface area contributed by atoms with E-state index in [1.165, 1.54) is 6.42 Å². The van der Waals surface area contributed by atoms with E-state index in [0.717, 1.165) is 44.9 Å². The van der Waals surface area contributed by atoms with Crippen LogP contribution in [0.5, 0.6) is 0 Å². The van der Waals surface area contributed by atoms with Gasteiger partial charge in [0, 0.05) is 0 Å². The molecule has 4 aliphatic rings. The van der Waals surface area contributed by atoms with E-state index in [1.807, 2.05) is 13.8 Å². The molecule has 164 valence electrons. The first-order chi connectivity index (χ1) is 13.7. The van der Waals surface area contributed by atoms with Gasteiger partial charge in [-0.25, -0.2) is 0 Å². The standard InChI is InChI=1S/C24H38O5/c1-15(2)20(26)29-13-17-12-23-10-7-19-22(3,18(23)6-5-16(17)11-23)8-4-9-24(19,14-25)21(27)28/h15-19,25H,4-14H2,1-3H3,(H,27,28)/t16-,17-,18?,19?,22-,23?,24-/m0/s1. The summed E-state index contributed by atoms with van der Waals surface area (Å²) in [4.78, 5) is 24.2. The Morgan fingerprint density at radius 2 is 1.83 bits per heavy atom. The van der Waals surface area contributed by atoms with Gasteiger partial charge in [-0.2, -0.15) is 0 Å². The van der Waals surface area contributed by atoms with Crippen LogP contribution in [-0.2, 0) is 14.3 Å². The van der Waals surface area contributed by atoms with Crippen molar-refractivity contribution in [2.24, 2.45) is 45.8 Å². The molecule has 7 atom stereocenters. The zero-order valence-electron chi connectivity index (χ0n) is 18.3. The number of carboxylic acid groups (broad SMARTS) is 1. The van der Waals surface area contributed by atoms with E-state index < -0.39 is 11.4 Å². The Kier molecular flexibility index (Phi) is 5.28. The summed E-state index contributed by atoms with van der Waals surface area (Å²) >= 11 is 0. The van der Waals surface area contributed by atoms with Crippen molar-refractivity contribution in [1.82, 2.24) is 0 Å². The van der Waals surface area contributed by atoms with Gasteiger partial charge in [0.2, 0.25) is 0 Å². The Labute approximate surface area is 174 Å². The number of aliphatic hydroxyl groups excluding tert-OH is 1. The quantitative estimate of drug-likeness (QED) is 0.666. The highest BCUT2D eigenvalue weighted by molar-refractivity contribution is 5.75. The molecule has 0 aromatic carbocycles. The molecule has 5 nitrogen and oxygen atoms in total. The summed E-state index contributed by atoms with van der Waals surface area (Å²) in [5, 5.41) is 20.2. The lowest BCUT2D eigenvalue weighted by atomic mass is 9.41. The SMILES string of the molecule is CC(C)C(=O)OC[C@@H]1CC23CCC4[C@](CO)(C(=O)O)CCC[C@@]4(C)C2CC[C@H]1C3. The number of aliphatic carboxylic acids is 1. The number of fused-ring (bicyclic) bond motifs is 3. The van der Waals surface area contributed by atoms with Gasteiger partial charge in [-0.05, 0) is 85.9 Å². The summed E-state index contributed by atoms with van der Waals surface area (Å²) in [6.07, 6.45) is 9.21. The first-order valence-electron chi connectivity index (χ1n) is 11.7. The van der Waals surface area contributed by atoms with Gasteiger partial charge in [-0.3, -0.25) is 9.59 Å². The van der Waals surface area contributed by atoms with Crippen LogP contribution in [0.3, 0.4) is 0 Å². The first kappa shape index (κ1) is 21.1. The van der Waals surface area contributed by atoms with Crippen LogP contribution in [0.15, 0.2) is 0 Å². The number of carbonyl (C=O) groups is 2. The normalized spacial score (nSPS) is 46.1. The van der Waals surface area contributed by atoms with E-state index >= 15 is 0 Å². The Bertz CT molecular complexity index is 674. The molecule has 5 heteroatoms. The number of esters is 1. The van der Waals surface area contributed by atoms with Gasteiger partial charge in [0.15, 0.2) is 0 Å². The van der Waals surface area contributed by atoms with E-state index in [2.05, 4.69) is 6.92 Å². The lowest BCUT2D eigenvalue weighted by molar-refractivity contribution is -0.191. The molecule has 0 aromatic heterocycles. The smallest absolute Gasteiger partial charge is 0.312 e. The van der Waals surface area contributed by atoms with E-state index in [1.54, 1.807) is 0 Å². The Hall–Kier alpha value is -1.10. The lowest BCUT2D eigenvalue weighted by Gasteiger charge is -2.63. The van der Waals surface area contributed by atoms with Crippen molar-refractivity contribution >= 4 is 11.9 Å². The zero-order valence-corrected chi connectivity index (χ0v) is 18.3. The minimum atomic E-state index is -0.962. The van der Waals surface area contributed by atoms with Crippen LogP contribution in [0.2, 0.25) is 0 Å². The van der Waals surface area contributed by atoms with E-state index in [0.29, 0.717) is 30.8 Å². The Morgan fingerprint density at radius 3 is 2.48 bits per heavy atom. The molecule has 3 unspecified atom stereocenters. The molecule has 1 spiro atoms. The van der Waals surface area contributed by atoms with Crippen LogP contribution in [0.25, 0.3) is 0 Å². The van der Waals surface area contributed by atoms with Crippen LogP contribution in [0.4, 0.5) is 0 Å². The van der Waals surface area contributed by atoms with E-state index in [-0.39, 0.29) is 35.2 Å². The molecule has 0 aliphatic heterocycles. The molecule has 0 saturated heterocycles. The van der Waals surface area contributed by atoms with Crippen molar-refractivity contribution in [3.05, 3.63) is 0 Å². The third-order valence-corrected chi connectivity index (χ3v) is 9.72. The number of carboxylic acids is 1. The van der Waals surface area contributed by atoms with Gasteiger partial charge >= 0.3 is 11.9 Å². The van der Waals surface area contributed by atoms with Crippen LogP contribution in [0.1, 0.15) is 78.6 Å². The Morgan fingerprint density at radius 1 is 1.07 bits per heavy atom. The minimum Gasteiger partial charge on any atom is -0.481 e. The molecular weight excluding hydrogens is 368 g/mol. The molecule has 0 heterocycles. The van der Waals surface area contributed by atoms with Gasteiger partial charge in [0.1, 0.15) is 0 Å². The fraction of sp³-hybridized carbons (Fsp3) is 0.917. The fourth-order valence-corrected chi connectivity index (χ4v) is 8.46. The molecule has 2 N–H and O–H groups in total. The molecule has 4 aliphatic carbocycles. The summed E-state index contributed by atoms with van der Waals surface area (Å²) < 4.78 is 5.64. The first-order valence-corrected chi connectivity index (χ1v) is 11.7. The maximum Gasteiger partial charge on any atom is 0.312 e. The highest BCUT2D eigenvalue weighted by Gasteiger charge is 2.66. The second-order valence-corrected chi connectivity index (χ2v) is 11.3. The topological polar surface area (TPSA) is 83.8 Å². The largest absolute Gasteiger partial charge is 0.481 e. The van der Waals surface area contributed by atoms with Gasteiger partial charge in [-0.15, -0.1) is 0 Å². The molecule has 0 amide bonds. The maximum absolute atomic E-state index is 12.3. The van der Waals surface area contributed by atoms with E-state index in [4.69, 9.17) is 4.74 Å². The summed E-state index contributed by atoms with van der Waals surface area (Å²) in [7, 11) is 0. The molecule has 4 rings (SSSR count). The molecule has 4 fully saturated rings. The predicted octanol–water partition coefficient (Wildman–Crippen LogP) is 4.27. The van der Waals surface area contributed by atoms with Crippen molar-refractivity contribution in [3.63, 3.8) is 0 Å². The molecule has 29 heavy (non-hydrogen) atoms. The lowest BCUT2D eigenvalue weighted by Crippen LogP contribution is -2.60. The molecule has 0 aromatic rings. The second kappa shape index (κ2) is 7.25. The van der Waals surface area contributed by atoms with Gasteiger partial charge in [-0.1, -0.05) is 27.2 Å². The summed E-state index contributed by atoms with van der Waals surface area (Å²) in [5.41, 5.74) is -0.692. The van der Waals surface area contributed by atoms with Crippen molar-refractivity contribution in [3.8, 4) is 0 Å². The number of hydrogen-bond donors (Lipinski definition) is 2. The number of rotatable bonds is 5. The Balaban J connectivity index is 1.57. The fourth-order valence-electron chi connectivity index (χ4n) is 8.46. The van der Waals surface area contributed by atoms with Crippen LogP contribution in [-0.4, -0.2) is 35.4 Å². The molecular formula is C24H38O5. The summed E-state index contributed by atoms with van der Waals surface area (Å²) in [6, 6.07) is 0. The van der Waals surface area contributed by atoms with Gasteiger partial charge in [0.25, 0.3) is 0 Å². The molecule has 4 saturated carbocycles. The number of ether oxygens (including phenoxy) is 1. The second-order valence-electron chi connectivity index (χ2n) is 11.3. The van der Waals surface area contributed by atoms with Gasteiger partial charge < -0.3 is 14.9 Å². The summed E-state index contributed by atoms with van der Waals surface area (Å²) in [5.74, 6) is 0.701. The van der Waals surface area contributed by atoms with Crippen molar-refractivity contribution in [2.75, 3.05) is 13.2 Å². The number of carbonyl (C=O) groups excluding carboxylic acids is 1. The van der Waals surface area contributed by atoms with Gasteiger partial charge in [0.05, 0.1) is 24.5 Å². The third-order valence-electron chi connectivity index (χ3n) is 9.72. The molecule has 2 bridgehead atoms. The summed E-state index contributed by atoms with van der Waals surface area (Å²) in [6.45, 7) is 6.41. The minimum absolute atomic E-state index is 0.00785. The van der Waals surface area contributed by atoms with Crippen LogP contribution in [0, 0.1) is 45.8 Å². The van der Waals surface area contributed by atoms with E-state index in [9.17, 15) is 19.8 Å². The maximum atomic E-state index is 12.3. The third kappa shape index (κ3) is 3.05.